The summed E-state index contributed by atoms with van der Waals surface area (Å²) in [5.74, 6) is -0.352. The van der Waals surface area contributed by atoms with Crippen LogP contribution in [0.5, 0.6) is 0 Å². The molecule has 13 heavy (non-hydrogen) atoms. The average molecular weight is 247 g/mol. The Morgan fingerprint density at radius 3 is 2.77 bits per heavy atom. The highest BCUT2D eigenvalue weighted by molar-refractivity contribution is 9.10. The molecule has 0 aliphatic heterocycles. The number of aliphatic hydroxyl groups excluding tert-OH is 1. The Morgan fingerprint density at radius 2 is 2.23 bits per heavy atom. The van der Waals surface area contributed by atoms with Crippen LogP contribution in [0.25, 0.3) is 0 Å². The van der Waals surface area contributed by atoms with Crippen LogP contribution in [0.15, 0.2) is 22.7 Å². The van der Waals surface area contributed by atoms with Gasteiger partial charge in [-0.2, -0.15) is 0 Å². The van der Waals surface area contributed by atoms with Crippen LogP contribution in [0.2, 0.25) is 0 Å². The van der Waals surface area contributed by atoms with Gasteiger partial charge in [0.2, 0.25) is 0 Å². The molecule has 0 saturated heterocycles. The first-order valence-electron chi connectivity index (χ1n) is 4.28. The molecule has 0 aliphatic carbocycles. The topological polar surface area (TPSA) is 20.2 Å². The minimum atomic E-state index is -0.708. The van der Waals surface area contributed by atoms with E-state index in [-0.39, 0.29) is 5.82 Å². The average Bonchev–Trinajstić information content (AvgIpc) is 2.04. The summed E-state index contributed by atoms with van der Waals surface area (Å²) < 4.78 is 13.9. The summed E-state index contributed by atoms with van der Waals surface area (Å²) in [4.78, 5) is 0. The maximum atomic E-state index is 13.2. The first-order valence-corrected chi connectivity index (χ1v) is 5.08. The monoisotopic (exact) mass is 246 g/mol. The lowest BCUT2D eigenvalue weighted by molar-refractivity contribution is 0.161. The van der Waals surface area contributed by atoms with Crippen molar-refractivity contribution in [1.29, 1.82) is 0 Å². The molecular weight excluding hydrogens is 235 g/mol. The lowest BCUT2D eigenvalue weighted by Crippen LogP contribution is -2.01. The zero-order valence-corrected chi connectivity index (χ0v) is 9.01. The third kappa shape index (κ3) is 2.51. The van der Waals surface area contributed by atoms with Crippen molar-refractivity contribution in [2.75, 3.05) is 0 Å². The Kier molecular flexibility index (Phi) is 3.88. The quantitative estimate of drug-likeness (QED) is 0.867. The van der Waals surface area contributed by atoms with Crippen LogP contribution < -0.4 is 0 Å². The van der Waals surface area contributed by atoms with E-state index in [0.29, 0.717) is 16.5 Å². The smallest absolute Gasteiger partial charge is 0.130 e. The van der Waals surface area contributed by atoms with Gasteiger partial charge in [0.15, 0.2) is 0 Å². The Balaban J connectivity index is 2.98. The molecule has 0 amide bonds. The van der Waals surface area contributed by atoms with Crippen molar-refractivity contribution in [1.82, 2.24) is 0 Å². The first-order chi connectivity index (χ1) is 6.16. The van der Waals surface area contributed by atoms with E-state index in [1.807, 2.05) is 6.92 Å². The maximum Gasteiger partial charge on any atom is 0.130 e. The van der Waals surface area contributed by atoms with Gasteiger partial charge >= 0.3 is 0 Å². The van der Waals surface area contributed by atoms with Gasteiger partial charge in [0.25, 0.3) is 0 Å². The molecule has 0 radical (unpaired) electrons. The van der Waals surface area contributed by atoms with Gasteiger partial charge in [-0.05, 0) is 18.6 Å². The second-order valence-electron chi connectivity index (χ2n) is 2.94. The second kappa shape index (κ2) is 4.72. The summed E-state index contributed by atoms with van der Waals surface area (Å²) in [6.07, 6.45) is 0.710. The molecule has 72 valence electrons. The fourth-order valence-corrected chi connectivity index (χ4v) is 1.85. The zero-order chi connectivity index (χ0) is 9.84. The molecule has 0 fully saturated rings. The molecular formula is C10H12BrFO. The molecule has 1 unspecified atom stereocenters. The third-order valence-electron chi connectivity index (χ3n) is 1.90. The maximum absolute atomic E-state index is 13.2. The Labute approximate surface area is 85.7 Å². The Hall–Kier alpha value is -0.410. The van der Waals surface area contributed by atoms with Crippen LogP contribution in [-0.2, 0) is 0 Å². The predicted molar refractivity (Wildman–Crippen MR) is 54.0 cm³/mol. The molecule has 3 heteroatoms. The highest BCUT2D eigenvalue weighted by Crippen LogP contribution is 2.28. The van der Waals surface area contributed by atoms with Crippen molar-refractivity contribution in [2.45, 2.75) is 25.9 Å². The largest absolute Gasteiger partial charge is 0.388 e. The number of rotatable bonds is 3. The second-order valence-corrected chi connectivity index (χ2v) is 3.79. The van der Waals surface area contributed by atoms with Gasteiger partial charge < -0.3 is 5.11 Å². The van der Waals surface area contributed by atoms with Crippen molar-refractivity contribution in [3.05, 3.63) is 34.1 Å². The minimum Gasteiger partial charge on any atom is -0.388 e. The van der Waals surface area contributed by atoms with E-state index in [4.69, 9.17) is 0 Å². The number of aliphatic hydroxyl groups is 1. The van der Waals surface area contributed by atoms with Crippen molar-refractivity contribution in [3.63, 3.8) is 0 Å². The lowest BCUT2D eigenvalue weighted by atomic mass is 10.1. The molecule has 1 aromatic carbocycles. The summed E-state index contributed by atoms with van der Waals surface area (Å²) in [5, 5.41) is 9.61. The molecule has 1 rings (SSSR count). The van der Waals surface area contributed by atoms with Crippen LogP contribution in [0, 0.1) is 5.82 Å². The normalized spacial score (nSPS) is 12.9. The van der Waals surface area contributed by atoms with Gasteiger partial charge in [-0.3, -0.25) is 0 Å². The number of halogens is 2. The molecule has 1 N–H and O–H groups in total. The van der Waals surface area contributed by atoms with E-state index < -0.39 is 6.10 Å². The molecule has 0 heterocycles. The number of hydrogen-bond donors (Lipinski definition) is 1. The van der Waals surface area contributed by atoms with Crippen molar-refractivity contribution in [2.24, 2.45) is 0 Å². The van der Waals surface area contributed by atoms with Gasteiger partial charge in [0.05, 0.1) is 6.10 Å². The van der Waals surface area contributed by atoms with Crippen LogP contribution in [-0.4, -0.2) is 5.11 Å². The van der Waals surface area contributed by atoms with E-state index in [1.165, 1.54) is 6.07 Å². The van der Waals surface area contributed by atoms with Crippen molar-refractivity contribution in [3.8, 4) is 0 Å². The van der Waals surface area contributed by atoms with E-state index in [9.17, 15) is 9.50 Å². The first kappa shape index (κ1) is 10.7. The van der Waals surface area contributed by atoms with Gasteiger partial charge in [-0.25, -0.2) is 4.39 Å². The molecule has 0 aromatic heterocycles. The number of hydrogen-bond acceptors (Lipinski definition) is 1. The molecule has 1 atom stereocenters. The number of benzene rings is 1. The minimum absolute atomic E-state index is 0.352. The standard InChI is InChI=1S/C10H12BrFO/c1-2-4-9(13)10-7(11)5-3-6-8(10)12/h3,5-6,9,13H,2,4H2,1H3. The molecule has 0 saturated carbocycles. The summed E-state index contributed by atoms with van der Waals surface area (Å²) in [7, 11) is 0. The molecule has 1 nitrogen and oxygen atoms in total. The molecule has 1 aromatic rings. The van der Waals surface area contributed by atoms with Crippen LogP contribution >= 0.6 is 15.9 Å². The molecule has 0 bridgehead atoms. The third-order valence-corrected chi connectivity index (χ3v) is 2.59. The van der Waals surface area contributed by atoms with E-state index in [1.54, 1.807) is 12.1 Å². The summed E-state index contributed by atoms with van der Waals surface area (Å²) in [6, 6.07) is 4.71. The molecule has 0 aliphatic rings. The van der Waals surface area contributed by atoms with E-state index >= 15 is 0 Å². The summed E-state index contributed by atoms with van der Waals surface area (Å²) in [5.41, 5.74) is 0.365. The van der Waals surface area contributed by atoms with Gasteiger partial charge in [-0.1, -0.05) is 35.3 Å². The van der Waals surface area contributed by atoms with E-state index in [0.717, 1.165) is 6.42 Å². The fraction of sp³-hybridized carbons (Fsp3) is 0.400. The van der Waals surface area contributed by atoms with Crippen LogP contribution in [0.3, 0.4) is 0 Å². The summed E-state index contributed by atoms with van der Waals surface area (Å²) in [6.45, 7) is 1.96. The highest BCUT2D eigenvalue weighted by atomic mass is 79.9. The van der Waals surface area contributed by atoms with Crippen molar-refractivity contribution < 1.29 is 9.50 Å². The molecule has 0 spiro atoms. The Morgan fingerprint density at radius 1 is 1.54 bits per heavy atom. The van der Waals surface area contributed by atoms with Gasteiger partial charge in [-0.15, -0.1) is 0 Å². The predicted octanol–water partition coefficient (Wildman–Crippen LogP) is 3.42. The summed E-state index contributed by atoms with van der Waals surface area (Å²) >= 11 is 3.22. The van der Waals surface area contributed by atoms with Crippen LogP contribution in [0.4, 0.5) is 4.39 Å². The van der Waals surface area contributed by atoms with Crippen molar-refractivity contribution >= 4 is 15.9 Å². The zero-order valence-electron chi connectivity index (χ0n) is 7.43. The SMILES string of the molecule is CCCC(O)c1c(F)cccc1Br. The lowest BCUT2D eigenvalue weighted by Gasteiger charge is -2.12. The van der Waals surface area contributed by atoms with Gasteiger partial charge in [0.1, 0.15) is 5.82 Å². The van der Waals surface area contributed by atoms with Gasteiger partial charge in [0, 0.05) is 10.0 Å². The highest BCUT2D eigenvalue weighted by Gasteiger charge is 2.14. The van der Waals surface area contributed by atoms with Crippen LogP contribution in [0.1, 0.15) is 31.4 Å². The Bertz CT molecular complexity index is 268. The fourth-order valence-electron chi connectivity index (χ4n) is 1.25. The van der Waals surface area contributed by atoms with E-state index in [2.05, 4.69) is 15.9 Å².